The van der Waals surface area contributed by atoms with Crippen LogP contribution in [0.3, 0.4) is 0 Å². The second-order valence-corrected chi connectivity index (χ2v) is 18.3. The third-order valence-electron chi connectivity index (χ3n) is 12.4. The minimum absolute atomic E-state index is 0.149. The molecule has 0 aromatic carbocycles. The number of aliphatic hydroxyl groups is 5. The molecule has 63 heavy (non-hydrogen) atoms. The Morgan fingerprint density at radius 1 is 0.556 bits per heavy atom. The number of amides is 1. The van der Waals surface area contributed by atoms with Crippen LogP contribution in [0.25, 0.3) is 0 Å². The fraction of sp³-hybridized carbons (Fsp3) is 0.833. The molecule has 7 atom stereocenters. The molecule has 1 fully saturated rings. The first-order valence-corrected chi connectivity index (χ1v) is 26.3. The molecule has 9 heteroatoms. The van der Waals surface area contributed by atoms with Gasteiger partial charge in [-0.25, -0.2) is 0 Å². The van der Waals surface area contributed by atoms with Crippen LogP contribution in [0.4, 0.5) is 0 Å². The van der Waals surface area contributed by atoms with Gasteiger partial charge in [-0.3, -0.25) is 4.79 Å². The summed E-state index contributed by atoms with van der Waals surface area (Å²) in [6.07, 6.45) is 49.8. The van der Waals surface area contributed by atoms with Crippen molar-refractivity contribution in [1.82, 2.24) is 5.32 Å². The Labute approximate surface area is 386 Å². The highest BCUT2D eigenvalue weighted by Gasteiger charge is 2.44. The van der Waals surface area contributed by atoms with Gasteiger partial charge in [0.15, 0.2) is 6.29 Å². The average Bonchev–Trinajstić information content (AvgIpc) is 3.28. The number of nitrogens with one attached hydrogen (secondary N) is 1. The van der Waals surface area contributed by atoms with Crippen molar-refractivity contribution in [3.05, 3.63) is 48.6 Å². The predicted octanol–water partition coefficient (Wildman–Crippen LogP) is 12.2. The molecule has 1 heterocycles. The maximum absolute atomic E-state index is 13.0. The SMILES string of the molecule is CC/C=C\C/C=C\C/C=C\C/C=C\CCCCCCC(=O)NC(COC1OC(CO)C(O)C(O)C1O)C(O)CCCCCCCCCCCCCCCCCCCCCCCCC. The van der Waals surface area contributed by atoms with Crippen molar-refractivity contribution in [3.63, 3.8) is 0 Å². The Morgan fingerprint density at radius 2 is 0.984 bits per heavy atom. The van der Waals surface area contributed by atoms with Gasteiger partial charge < -0.3 is 40.3 Å². The second-order valence-electron chi connectivity index (χ2n) is 18.3. The zero-order chi connectivity index (χ0) is 45.9. The van der Waals surface area contributed by atoms with Crippen LogP contribution in [0, 0.1) is 0 Å². The van der Waals surface area contributed by atoms with E-state index in [0.29, 0.717) is 12.8 Å². The summed E-state index contributed by atoms with van der Waals surface area (Å²) in [5.74, 6) is -0.167. The molecule has 0 aromatic heterocycles. The maximum Gasteiger partial charge on any atom is 0.220 e. The predicted molar refractivity (Wildman–Crippen MR) is 263 cm³/mol. The number of unbranched alkanes of at least 4 members (excludes halogenated alkanes) is 26. The van der Waals surface area contributed by atoms with Gasteiger partial charge in [0.25, 0.3) is 0 Å². The maximum atomic E-state index is 13.0. The van der Waals surface area contributed by atoms with E-state index in [4.69, 9.17) is 9.47 Å². The van der Waals surface area contributed by atoms with E-state index in [1.54, 1.807) is 0 Å². The van der Waals surface area contributed by atoms with E-state index in [2.05, 4.69) is 67.8 Å². The van der Waals surface area contributed by atoms with Crippen molar-refractivity contribution in [2.75, 3.05) is 13.2 Å². The number of aliphatic hydroxyl groups excluding tert-OH is 5. The molecule has 0 saturated carbocycles. The van der Waals surface area contributed by atoms with Gasteiger partial charge in [0.2, 0.25) is 5.91 Å². The van der Waals surface area contributed by atoms with Gasteiger partial charge in [-0.05, 0) is 51.4 Å². The van der Waals surface area contributed by atoms with Gasteiger partial charge in [0.05, 0.1) is 25.4 Å². The molecule has 1 rings (SSSR count). The van der Waals surface area contributed by atoms with Gasteiger partial charge in [0.1, 0.15) is 24.4 Å². The first-order chi connectivity index (χ1) is 30.8. The van der Waals surface area contributed by atoms with Crippen molar-refractivity contribution in [1.29, 1.82) is 0 Å². The first-order valence-electron chi connectivity index (χ1n) is 26.3. The molecule has 1 saturated heterocycles. The Kier molecular flexibility index (Phi) is 41.3. The molecule has 0 aromatic rings. The second kappa shape index (κ2) is 44.0. The summed E-state index contributed by atoms with van der Waals surface area (Å²) >= 11 is 0. The van der Waals surface area contributed by atoms with Crippen LogP contribution < -0.4 is 5.32 Å². The van der Waals surface area contributed by atoms with E-state index in [9.17, 15) is 30.3 Å². The molecule has 7 unspecified atom stereocenters. The van der Waals surface area contributed by atoms with Crippen molar-refractivity contribution >= 4 is 5.91 Å². The summed E-state index contributed by atoms with van der Waals surface area (Å²) in [5.41, 5.74) is 0. The number of carbonyl (C=O) groups excluding carboxylic acids is 1. The van der Waals surface area contributed by atoms with Gasteiger partial charge in [-0.15, -0.1) is 0 Å². The van der Waals surface area contributed by atoms with Crippen molar-refractivity contribution in [2.24, 2.45) is 0 Å². The zero-order valence-corrected chi connectivity index (χ0v) is 40.6. The zero-order valence-electron chi connectivity index (χ0n) is 40.6. The summed E-state index contributed by atoms with van der Waals surface area (Å²) in [4.78, 5) is 13.0. The van der Waals surface area contributed by atoms with Crippen LogP contribution in [-0.2, 0) is 14.3 Å². The molecule has 1 amide bonds. The van der Waals surface area contributed by atoms with E-state index in [-0.39, 0.29) is 12.5 Å². The highest BCUT2D eigenvalue weighted by Crippen LogP contribution is 2.23. The number of allylic oxidation sites excluding steroid dienone is 8. The molecule has 0 radical (unpaired) electrons. The van der Waals surface area contributed by atoms with E-state index >= 15 is 0 Å². The lowest BCUT2D eigenvalue weighted by Crippen LogP contribution is -2.60. The summed E-state index contributed by atoms with van der Waals surface area (Å²) in [6, 6.07) is -0.734. The monoisotopic (exact) mass is 890 g/mol. The van der Waals surface area contributed by atoms with Crippen LogP contribution in [0.2, 0.25) is 0 Å². The lowest BCUT2D eigenvalue weighted by atomic mass is 9.99. The molecule has 1 aliphatic heterocycles. The molecular formula is C54H99NO8. The Morgan fingerprint density at radius 3 is 1.46 bits per heavy atom. The van der Waals surface area contributed by atoms with E-state index in [1.807, 2.05) is 0 Å². The summed E-state index contributed by atoms with van der Waals surface area (Å²) in [6.45, 7) is 3.72. The Balaban J connectivity index is 2.26. The smallest absolute Gasteiger partial charge is 0.220 e. The number of ether oxygens (including phenoxy) is 2. The van der Waals surface area contributed by atoms with E-state index in [0.717, 1.165) is 77.0 Å². The third-order valence-corrected chi connectivity index (χ3v) is 12.4. The molecule has 368 valence electrons. The van der Waals surface area contributed by atoms with Crippen molar-refractivity contribution in [3.8, 4) is 0 Å². The van der Waals surface area contributed by atoms with Crippen molar-refractivity contribution in [2.45, 2.75) is 275 Å². The van der Waals surface area contributed by atoms with Gasteiger partial charge in [0, 0.05) is 6.42 Å². The highest BCUT2D eigenvalue weighted by atomic mass is 16.7. The molecule has 0 bridgehead atoms. The molecule has 0 spiro atoms. The van der Waals surface area contributed by atoms with Gasteiger partial charge in [-0.2, -0.15) is 0 Å². The minimum atomic E-state index is -1.56. The van der Waals surface area contributed by atoms with Crippen LogP contribution in [0.15, 0.2) is 48.6 Å². The fourth-order valence-corrected chi connectivity index (χ4v) is 8.27. The van der Waals surface area contributed by atoms with Crippen LogP contribution in [0.5, 0.6) is 0 Å². The molecule has 9 nitrogen and oxygen atoms in total. The largest absolute Gasteiger partial charge is 0.394 e. The summed E-state index contributed by atoms with van der Waals surface area (Å²) < 4.78 is 11.3. The summed E-state index contributed by atoms with van der Waals surface area (Å²) in [7, 11) is 0. The van der Waals surface area contributed by atoms with Crippen LogP contribution >= 0.6 is 0 Å². The standard InChI is InChI=1S/C54H99NO8/c1-3-5-7-9-11-13-15-17-19-21-22-23-24-25-26-28-29-31-33-35-37-39-41-43-48(57)47(46-62-54-53(61)52(60)51(59)49(45-56)63-54)55-50(58)44-42-40-38-36-34-32-30-27-20-18-16-14-12-10-8-6-4-2/h6,8,12,14,18,20,30,32,47-49,51-54,56-57,59-61H,3-5,7,9-11,13,15-17,19,21-29,31,33-46H2,1-2H3,(H,55,58)/b8-6-,14-12-,20-18-,32-30-. The third kappa shape index (κ3) is 34.2. The topological polar surface area (TPSA) is 149 Å². The van der Waals surface area contributed by atoms with E-state index in [1.165, 1.54) is 128 Å². The van der Waals surface area contributed by atoms with Gasteiger partial charge in [-0.1, -0.05) is 223 Å². The number of hydrogen-bond donors (Lipinski definition) is 6. The van der Waals surface area contributed by atoms with Gasteiger partial charge >= 0.3 is 0 Å². The number of carbonyl (C=O) groups is 1. The average molecular weight is 890 g/mol. The van der Waals surface area contributed by atoms with Crippen LogP contribution in [0.1, 0.15) is 232 Å². The lowest BCUT2D eigenvalue weighted by Gasteiger charge is -2.40. The van der Waals surface area contributed by atoms with Crippen molar-refractivity contribution < 1.29 is 39.8 Å². The van der Waals surface area contributed by atoms with Crippen LogP contribution in [-0.4, -0.2) is 87.5 Å². The lowest BCUT2D eigenvalue weighted by molar-refractivity contribution is -0.302. The quantitative estimate of drug-likeness (QED) is 0.0262. The Bertz CT molecular complexity index is 1130. The Hall–Kier alpha value is -1.85. The number of rotatable bonds is 44. The molecule has 6 N–H and O–H groups in total. The number of hydrogen-bond acceptors (Lipinski definition) is 8. The highest BCUT2D eigenvalue weighted by molar-refractivity contribution is 5.76. The molecule has 0 aliphatic carbocycles. The fourth-order valence-electron chi connectivity index (χ4n) is 8.27. The molecule has 1 aliphatic rings. The summed E-state index contributed by atoms with van der Waals surface area (Å²) in [5, 5.41) is 54.5. The normalized spacial score (nSPS) is 20.5. The molecular weight excluding hydrogens is 791 g/mol. The van der Waals surface area contributed by atoms with E-state index < -0.39 is 49.5 Å². The first kappa shape index (κ1) is 59.2. The minimum Gasteiger partial charge on any atom is -0.394 e.